The lowest BCUT2D eigenvalue weighted by Gasteiger charge is -2.30. The highest BCUT2D eigenvalue weighted by Crippen LogP contribution is 2.38. The molecule has 1 aromatic heterocycles. The Morgan fingerprint density at radius 3 is 2.14 bits per heavy atom. The third-order valence-corrected chi connectivity index (χ3v) is 10.0. The van der Waals surface area contributed by atoms with Gasteiger partial charge in [-0.1, -0.05) is 94.5 Å². The van der Waals surface area contributed by atoms with Gasteiger partial charge in [0.2, 0.25) is 10.0 Å². The van der Waals surface area contributed by atoms with Gasteiger partial charge in [0.1, 0.15) is 11.4 Å². The van der Waals surface area contributed by atoms with Crippen LogP contribution in [0.25, 0.3) is 5.69 Å². The lowest BCUT2D eigenvalue weighted by atomic mass is 9.76. The smallest absolute Gasteiger partial charge is 0.297 e. The van der Waals surface area contributed by atoms with Crippen molar-refractivity contribution in [3.8, 4) is 11.4 Å². The van der Waals surface area contributed by atoms with Crippen LogP contribution in [0.3, 0.4) is 0 Å². The Kier molecular flexibility index (Phi) is 11.7. The zero-order valence-electron chi connectivity index (χ0n) is 28.8. The van der Waals surface area contributed by atoms with E-state index in [0.717, 1.165) is 29.3 Å². The van der Waals surface area contributed by atoms with Crippen molar-refractivity contribution in [2.24, 2.45) is 0 Å². The van der Waals surface area contributed by atoms with Crippen molar-refractivity contribution in [3.05, 3.63) is 96.7 Å². The summed E-state index contributed by atoms with van der Waals surface area (Å²) in [6.45, 7) is 12.7. The van der Waals surface area contributed by atoms with E-state index in [1.54, 1.807) is 12.1 Å². The SMILES string of the molecule is CCC(C)(C)c1ccc(OCC(=O)Nc2cccc(C(=O)Nc3[nH]n(-c4c(Cl)cc(Cl)cc4Cl)c(=O)c3NS(C)(=O)=O)c2)c(C(C)(C)CC)c1. The van der Waals surface area contributed by atoms with Crippen LogP contribution in [-0.4, -0.2) is 42.9 Å². The predicted octanol–water partition coefficient (Wildman–Crippen LogP) is 8.14. The van der Waals surface area contributed by atoms with E-state index in [1.165, 1.54) is 29.8 Å². The Morgan fingerprint density at radius 1 is 0.900 bits per heavy atom. The second-order valence-corrected chi connectivity index (χ2v) is 16.2. The fraction of sp³-hybridized carbons (Fsp3) is 0.343. The molecule has 0 fully saturated rings. The zero-order valence-corrected chi connectivity index (χ0v) is 31.8. The second-order valence-electron chi connectivity index (χ2n) is 13.2. The Morgan fingerprint density at radius 2 is 1.54 bits per heavy atom. The summed E-state index contributed by atoms with van der Waals surface area (Å²) < 4.78 is 33.3. The van der Waals surface area contributed by atoms with Gasteiger partial charge in [-0.25, -0.2) is 13.1 Å². The van der Waals surface area contributed by atoms with Gasteiger partial charge in [-0.2, -0.15) is 0 Å². The number of hydrogen-bond acceptors (Lipinski definition) is 6. The molecule has 0 aliphatic heterocycles. The summed E-state index contributed by atoms with van der Waals surface area (Å²) >= 11 is 18.6. The fourth-order valence-corrected chi connectivity index (χ4v) is 6.52. The lowest BCUT2D eigenvalue weighted by molar-refractivity contribution is -0.118. The number of halogens is 3. The molecule has 0 spiro atoms. The van der Waals surface area contributed by atoms with E-state index in [1.807, 2.05) is 12.1 Å². The van der Waals surface area contributed by atoms with Crippen LogP contribution in [0, 0.1) is 0 Å². The normalized spacial score (nSPS) is 12.0. The number of carbonyl (C=O) groups is 2. The molecule has 4 rings (SSSR count). The van der Waals surface area contributed by atoms with Crippen LogP contribution in [0.2, 0.25) is 15.1 Å². The van der Waals surface area contributed by atoms with Crippen LogP contribution < -0.4 is 25.7 Å². The largest absolute Gasteiger partial charge is 0.483 e. The highest BCUT2D eigenvalue weighted by molar-refractivity contribution is 7.92. The van der Waals surface area contributed by atoms with Crippen LogP contribution in [0.1, 0.15) is 75.9 Å². The summed E-state index contributed by atoms with van der Waals surface area (Å²) in [4.78, 5) is 39.7. The first-order valence-electron chi connectivity index (χ1n) is 15.7. The molecule has 0 aliphatic carbocycles. The molecule has 11 nitrogen and oxygen atoms in total. The number of aromatic amines is 1. The maximum atomic E-state index is 13.4. The molecule has 3 aromatic carbocycles. The van der Waals surface area contributed by atoms with Crippen molar-refractivity contribution >= 4 is 73.8 Å². The number of rotatable bonds is 13. The Balaban J connectivity index is 1.55. The van der Waals surface area contributed by atoms with Crippen LogP contribution in [-0.2, 0) is 25.6 Å². The summed E-state index contributed by atoms with van der Waals surface area (Å²) in [6.07, 6.45) is 2.68. The first kappa shape index (κ1) is 38.8. The minimum Gasteiger partial charge on any atom is -0.483 e. The molecular formula is C35H40Cl3N5O6S. The highest BCUT2D eigenvalue weighted by atomic mass is 35.5. The summed E-state index contributed by atoms with van der Waals surface area (Å²) in [5.41, 5.74) is 0.999. The summed E-state index contributed by atoms with van der Waals surface area (Å²) in [5.74, 6) is -0.832. The molecule has 0 aliphatic rings. The van der Waals surface area contributed by atoms with Gasteiger partial charge in [-0.3, -0.25) is 24.2 Å². The number of H-pyrrole nitrogens is 1. The highest BCUT2D eigenvalue weighted by Gasteiger charge is 2.27. The number of sulfonamides is 1. The maximum Gasteiger partial charge on any atom is 0.297 e. The number of ether oxygens (including phenoxy) is 1. The van der Waals surface area contributed by atoms with Gasteiger partial charge in [-0.15, -0.1) is 0 Å². The topological polar surface area (TPSA) is 151 Å². The first-order chi connectivity index (χ1) is 23.3. The van der Waals surface area contributed by atoms with Crippen molar-refractivity contribution in [2.75, 3.05) is 28.2 Å². The monoisotopic (exact) mass is 763 g/mol. The van der Waals surface area contributed by atoms with Gasteiger partial charge in [0.25, 0.3) is 17.4 Å². The van der Waals surface area contributed by atoms with Crippen LogP contribution in [0.4, 0.5) is 17.2 Å². The van der Waals surface area contributed by atoms with E-state index in [9.17, 15) is 22.8 Å². The zero-order chi connectivity index (χ0) is 37.2. The van der Waals surface area contributed by atoms with Crippen molar-refractivity contribution in [3.63, 3.8) is 0 Å². The fourth-order valence-electron chi connectivity index (χ4n) is 4.98. The first-order valence-corrected chi connectivity index (χ1v) is 18.8. The predicted molar refractivity (Wildman–Crippen MR) is 201 cm³/mol. The van der Waals surface area contributed by atoms with Gasteiger partial charge < -0.3 is 15.4 Å². The lowest BCUT2D eigenvalue weighted by Crippen LogP contribution is -2.24. The molecule has 50 heavy (non-hydrogen) atoms. The van der Waals surface area contributed by atoms with Gasteiger partial charge >= 0.3 is 0 Å². The number of hydrogen-bond donors (Lipinski definition) is 4. The van der Waals surface area contributed by atoms with Crippen molar-refractivity contribution < 1.29 is 22.7 Å². The number of carbonyl (C=O) groups excluding carboxylic acids is 2. The number of aromatic nitrogens is 2. The average molecular weight is 765 g/mol. The van der Waals surface area contributed by atoms with Crippen LogP contribution in [0.5, 0.6) is 5.75 Å². The van der Waals surface area contributed by atoms with Crippen molar-refractivity contribution in [1.29, 1.82) is 0 Å². The standard InChI is InChI=1S/C35H40Cl3N5O6S/c1-8-34(3,4)21-13-14-27(24(16-21)35(5,6)9-2)49-19-28(44)39-23-12-10-11-20(15-23)32(45)40-31-29(42-50(7,47)48)33(46)43(41-31)30-25(37)17-22(36)18-26(30)38/h10-18,41-42H,8-9,19H2,1-7H3,(H,39,44)(H,40,45). The Hall–Kier alpha value is -3.97. The van der Waals surface area contributed by atoms with Crippen molar-refractivity contribution in [2.45, 2.75) is 65.2 Å². The number of anilines is 3. The van der Waals surface area contributed by atoms with E-state index in [4.69, 9.17) is 39.5 Å². The summed E-state index contributed by atoms with van der Waals surface area (Å²) in [6, 6.07) is 14.9. The maximum absolute atomic E-state index is 13.4. The van der Waals surface area contributed by atoms with Gasteiger partial charge in [0.05, 0.1) is 16.3 Å². The summed E-state index contributed by atoms with van der Waals surface area (Å²) in [5, 5.41) is 8.10. The molecule has 0 radical (unpaired) electrons. The van der Waals surface area contributed by atoms with E-state index >= 15 is 0 Å². The minimum atomic E-state index is -3.97. The molecule has 0 saturated heterocycles. The van der Waals surface area contributed by atoms with Crippen LogP contribution >= 0.6 is 34.8 Å². The van der Waals surface area contributed by atoms with Gasteiger partial charge in [0, 0.05) is 21.8 Å². The minimum absolute atomic E-state index is 0.00944. The molecule has 0 saturated carbocycles. The van der Waals surface area contributed by atoms with E-state index in [2.05, 4.69) is 68.1 Å². The molecule has 4 N–H and O–H groups in total. The van der Waals surface area contributed by atoms with Crippen LogP contribution in [0.15, 0.2) is 59.4 Å². The average Bonchev–Trinajstić information content (AvgIpc) is 3.31. The van der Waals surface area contributed by atoms with E-state index in [-0.39, 0.29) is 49.6 Å². The quantitative estimate of drug-likeness (QED) is 0.108. The molecule has 0 atom stereocenters. The number of nitrogens with one attached hydrogen (secondary N) is 4. The molecule has 268 valence electrons. The van der Waals surface area contributed by atoms with Gasteiger partial charge in [0.15, 0.2) is 18.1 Å². The van der Waals surface area contributed by atoms with Crippen molar-refractivity contribution in [1.82, 2.24) is 9.78 Å². The molecule has 15 heteroatoms. The third-order valence-electron chi connectivity index (χ3n) is 8.65. The molecule has 4 aromatic rings. The van der Waals surface area contributed by atoms with E-state index in [0.29, 0.717) is 11.4 Å². The molecule has 0 bridgehead atoms. The molecule has 0 unspecified atom stereocenters. The summed E-state index contributed by atoms with van der Waals surface area (Å²) in [7, 11) is -3.97. The third kappa shape index (κ3) is 9.03. The molecule has 2 amide bonds. The molecule has 1 heterocycles. The number of nitrogens with zero attached hydrogens (tertiary/aromatic N) is 1. The Labute approximate surface area is 306 Å². The van der Waals surface area contributed by atoms with Gasteiger partial charge in [-0.05, 0) is 65.6 Å². The number of benzene rings is 3. The number of amides is 2. The van der Waals surface area contributed by atoms with E-state index < -0.39 is 33.1 Å². The molecular weight excluding hydrogens is 725 g/mol. The second kappa shape index (κ2) is 15.1. The Bertz CT molecular complexity index is 2080.